The molecule has 0 aliphatic rings. The molecule has 0 saturated heterocycles. The van der Waals surface area contributed by atoms with Gasteiger partial charge < -0.3 is 24.2 Å². The van der Waals surface area contributed by atoms with Crippen LogP contribution < -0.4 is 14.8 Å². The fraction of sp³-hybridized carbons (Fsp3) is 0.167. The molecule has 3 aromatic carbocycles. The van der Waals surface area contributed by atoms with Gasteiger partial charge in [-0.25, -0.2) is 0 Å². The molecule has 0 saturated carbocycles. The smallest absolute Gasteiger partial charge is 0.244 e. The van der Waals surface area contributed by atoms with Gasteiger partial charge in [0.15, 0.2) is 0 Å². The van der Waals surface area contributed by atoms with Crippen LogP contribution in [0.25, 0.3) is 38.6 Å². The lowest BCUT2D eigenvalue weighted by Crippen LogP contribution is -2.23. The van der Waals surface area contributed by atoms with Crippen molar-refractivity contribution < 1.29 is 18.7 Å². The maximum absolute atomic E-state index is 12.7. The zero-order chi connectivity index (χ0) is 25.1. The molecule has 2 aromatic heterocycles. The first-order chi connectivity index (χ1) is 17.6. The van der Waals surface area contributed by atoms with Crippen LogP contribution in [-0.4, -0.2) is 31.7 Å². The maximum Gasteiger partial charge on any atom is 0.244 e. The molecule has 36 heavy (non-hydrogen) atoms. The highest BCUT2D eigenvalue weighted by Gasteiger charge is 2.17. The molecule has 0 aliphatic heterocycles. The minimum atomic E-state index is -0.147. The largest absolute Gasteiger partial charge is 0.496 e. The van der Waals surface area contributed by atoms with E-state index < -0.39 is 0 Å². The molecule has 0 atom stereocenters. The number of H-pyrrole nitrogens is 1. The van der Waals surface area contributed by atoms with Gasteiger partial charge in [0.25, 0.3) is 0 Å². The number of methoxy groups -OCH3 is 2. The lowest BCUT2D eigenvalue weighted by atomic mass is 9.98. The Morgan fingerprint density at radius 1 is 0.972 bits per heavy atom. The van der Waals surface area contributed by atoms with E-state index in [1.54, 1.807) is 26.6 Å². The molecule has 5 aromatic rings. The number of aromatic nitrogens is 1. The standard InChI is InChI=1S/C30H28N2O4/c1-19(14-30(33)31-13-12-20-17-32-26-10-6-4-8-21(20)26)23-15-24-25(18-36-29(24)16-28(23)35-3)22-9-5-7-11-27(22)34-2/h4-11,14-18,32H,12-13H2,1-3H3,(H,31,33)/b19-14+. The number of allylic oxidation sites excluding steroid dienone is 1. The molecule has 2 N–H and O–H groups in total. The summed E-state index contributed by atoms with van der Waals surface area (Å²) in [4.78, 5) is 16.0. The Bertz CT molecular complexity index is 1570. The molecule has 0 aliphatic carbocycles. The Labute approximate surface area is 209 Å². The average molecular weight is 481 g/mol. The molecule has 5 rings (SSSR count). The van der Waals surface area contributed by atoms with Crippen LogP contribution in [0.2, 0.25) is 0 Å². The number of hydrogen-bond acceptors (Lipinski definition) is 4. The van der Waals surface area contributed by atoms with Gasteiger partial charge in [0.1, 0.15) is 17.1 Å². The van der Waals surface area contributed by atoms with E-state index in [1.807, 2.05) is 67.7 Å². The third kappa shape index (κ3) is 4.45. The van der Waals surface area contributed by atoms with Crippen molar-refractivity contribution in [2.75, 3.05) is 20.8 Å². The lowest BCUT2D eigenvalue weighted by Gasteiger charge is -2.11. The number of rotatable bonds is 8. The quantitative estimate of drug-likeness (QED) is 0.253. The summed E-state index contributed by atoms with van der Waals surface area (Å²) < 4.78 is 17.0. The van der Waals surface area contributed by atoms with E-state index in [1.165, 1.54) is 10.9 Å². The van der Waals surface area contributed by atoms with E-state index in [0.717, 1.165) is 45.3 Å². The minimum Gasteiger partial charge on any atom is -0.496 e. The van der Waals surface area contributed by atoms with Gasteiger partial charge in [0.05, 0.1) is 20.5 Å². The van der Waals surface area contributed by atoms with E-state index in [0.29, 0.717) is 17.9 Å². The van der Waals surface area contributed by atoms with E-state index in [4.69, 9.17) is 13.9 Å². The summed E-state index contributed by atoms with van der Waals surface area (Å²) in [5, 5.41) is 5.11. The highest BCUT2D eigenvalue weighted by Crippen LogP contribution is 2.40. The average Bonchev–Trinajstić information content (AvgIpc) is 3.51. The number of furan rings is 1. The predicted molar refractivity (Wildman–Crippen MR) is 143 cm³/mol. The number of para-hydroxylation sites is 2. The van der Waals surface area contributed by atoms with Crippen molar-refractivity contribution in [1.82, 2.24) is 10.3 Å². The lowest BCUT2D eigenvalue weighted by molar-refractivity contribution is -0.116. The number of aromatic amines is 1. The first-order valence-electron chi connectivity index (χ1n) is 11.8. The maximum atomic E-state index is 12.7. The summed E-state index contributed by atoms with van der Waals surface area (Å²) in [5.41, 5.74) is 6.47. The number of amides is 1. The molecule has 6 heteroatoms. The van der Waals surface area contributed by atoms with Crippen LogP contribution in [0.4, 0.5) is 0 Å². The van der Waals surface area contributed by atoms with Gasteiger partial charge in [0.2, 0.25) is 5.91 Å². The van der Waals surface area contributed by atoms with Gasteiger partial charge in [0, 0.05) is 57.9 Å². The highest BCUT2D eigenvalue weighted by molar-refractivity contribution is 6.01. The number of nitrogens with one attached hydrogen (secondary N) is 2. The van der Waals surface area contributed by atoms with Crippen molar-refractivity contribution in [3.8, 4) is 22.6 Å². The molecule has 0 bridgehead atoms. The molecular weight excluding hydrogens is 452 g/mol. The van der Waals surface area contributed by atoms with Crippen LogP contribution in [0, 0.1) is 0 Å². The first-order valence-corrected chi connectivity index (χ1v) is 11.8. The van der Waals surface area contributed by atoms with Crippen LogP contribution >= 0.6 is 0 Å². The Balaban J connectivity index is 1.38. The fourth-order valence-electron chi connectivity index (χ4n) is 4.59. The monoisotopic (exact) mass is 480 g/mol. The molecule has 0 fully saturated rings. The number of carbonyl (C=O) groups is 1. The van der Waals surface area contributed by atoms with Gasteiger partial charge >= 0.3 is 0 Å². The predicted octanol–water partition coefficient (Wildman–Crippen LogP) is 6.36. The zero-order valence-electron chi connectivity index (χ0n) is 20.6. The summed E-state index contributed by atoms with van der Waals surface area (Å²) in [6.45, 7) is 2.45. The SMILES string of the molecule is COc1cc2occ(-c3ccccc3OC)c2cc1/C(C)=C/C(=O)NCCc1c[nH]c2ccccc12. The van der Waals surface area contributed by atoms with Gasteiger partial charge in [-0.2, -0.15) is 0 Å². The van der Waals surface area contributed by atoms with Gasteiger partial charge in [-0.05, 0) is 42.7 Å². The second kappa shape index (κ2) is 10.0. The van der Waals surface area contributed by atoms with Gasteiger partial charge in [-0.15, -0.1) is 0 Å². The highest BCUT2D eigenvalue weighted by atomic mass is 16.5. The molecule has 0 spiro atoms. The molecule has 1 amide bonds. The van der Waals surface area contributed by atoms with Crippen LogP contribution in [0.5, 0.6) is 11.5 Å². The number of carbonyl (C=O) groups excluding carboxylic acids is 1. The van der Waals surface area contributed by atoms with E-state index in [-0.39, 0.29) is 5.91 Å². The van der Waals surface area contributed by atoms with E-state index in [2.05, 4.69) is 16.4 Å². The second-order valence-corrected chi connectivity index (χ2v) is 8.63. The van der Waals surface area contributed by atoms with E-state index >= 15 is 0 Å². The summed E-state index contributed by atoms with van der Waals surface area (Å²) >= 11 is 0. The second-order valence-electron chi connectivity index (χ2n) is 8.63. The Kier molecular flexibility index (Phi) is 6.50. The number of benzene rings is 3. The topological polar surface area (TPSA) is 76.5 Å². The molecule has 6 nitrogen and oxygen atoms in total. The van der Waals surface area contributed by atoms with Crippen molar-refractivity contribution in [2.24, 2.45) is 0 Å². The molecule has 0 unspecified atom stereocenters. The Hall–Kier alpha value is -4.45. The number of ether oxygens (including phenoxy) is 2. The zero-order valence-corrected chi connectivity index (χ0v) is 20.6. The Morgan fingerprint density at radius 3 is 2.58 bits per heavy atom. The Morgan fingerprint density at radius 2 is 1.75 bits per heavy atom. The molecule has 2 heterocycles. The van der Waals surface area contributed by atoms with Crippen LogP contribution in [0.15, 0.2) is 83.6 Å². The van der Waals surface area contributed by atoms with Crippen molar-refractivity contribution in [2.45, 2.75) is 13.3 Å². The summed E-state index contributed by atoms with van der Waals surface area (Å²) in [6, 6.07) is 19.8. The first kappa shape index (κ1) is 23.3. The van der Waals surface area contributed by atoms with Crippen molar-refractivity contribution in [3.63, 3.8) is 0 Å². The van der Waals surface area contributed by atoms with Crippen LogP contribution in [-0.2, 0) is 11.2 Å². The van der Waals surface area contributed by atoms with Gasteiger partial charge in [-0.3, -0.25) is 4.79 Å². The minimum absolute atomic E-state index is 0.147. The normalized spacial score (nSPS) is 11.7. The number of hydrogen-bond donors (Lipinski definition) is 2. The molecule has 182 valence electrons. The van der Waals surface area contributed by atoms with Crippen LogP contribution in [0.3, 0.4) is 0 Å². The third-order valence-corrected chi connectivity index (χ3v) is 6.43. The van der Waals surface area contributed by atoms with E-state index in [9.17, 15) is 4.79 Å². The third-order valence-electron chi connectivity index (χ3n) is 6.43. The summed E-state index contributed by atoms with van der Waals surface area (Å²) in [7, 11) is 3.27. The molecule has 0 radical (unpaired) electrons. The summed E-state index contributed by atoms with van der Waals surface area (Å²) in [6.07, 6.45) is 6.08. The van der Waals surface area contributed by atoms with Crippen molar-refractivity contribution in [1.29, 1.82) is 0 Å². The van der Waals surface area contributed by atoms with Crippen molar-refractivity contribution >= 4 is 33.4 Å². The summed E-state index contributed by atoms with van der Waals surface area (Å²) in [5.74, 6) is 1.26. The molecular formula is C30H28N2O4. The fourth-order valence-corrected chi connectivity index (χ4v) is 4.59. The van der Waals surface area contributed by atoms with Crippen molar-refractivity contribution in [3.05, 3.63) is 90.3 Å². The van der Waals surface area contributed by atoms with Crippen LogP contribution in [0.1, 0.15) is 18.1 Å². The number of fused-ring (bicyclic) bond motifs is 2. The van der Waals surface area contributed by atoms with Gasteiger partial charge in [-0.1, -0.05) is 36.4 Å².